The van der Waals surface area contributed by atoms with Crippen molar-refractivity contribution in [2.24, 2.45) is 0 Å². The molecule has 0 unspecified atom stereocenters. The molecule has 0 N–H and O–H groups in total. The maximum atomic E-state index is 11.4. The van der Waals surface area contributed by atoms with Gasteiger partial charge in [-0.15, -0.1) is 0 Å². The highest BCUT2D eigenvalue weighted by molar-refractivity contribution is 14.1. The van der Waals surface area contributed by atoms with E-state index in [9.17, 15) is 4.79 Å². The molecule has 0 aliphatic rings. The Morgan fingerprint density at radius 3 is 3.07 bits per heavy atom. The summed E-state index contributed by atoms with van der Waals surface area (Å²) in [5.41, 5.74) is 0.326. The van der Waals surface area contributed by atoms with Crippen LogP contribution in [0.15, 0.2) is 12.3 Å². The Morgan fingerprint density at radius 1 is 1.71 bits per heavy atom. The number of aromatic nitrogens is 1. The largest absolute Gasteiger partial charge is 0.462 e. The van der Waals surface area contributed by atoms with Crippen LogP contribution in [0, 0.1) is 3.57 Å². The van der Waals surface area contributed by atoms with Crippen molar-refractivity contribution >= 4 is 40.2 Å². The number of rotatable bonds is 3. The van der Waals surface area contributed by atoms with Crippen LogP contribution in [0.25, 0.3) is 0 Å². The van der Waals surface area contributed by atoms with Crippen molar-refractivity contribution in [2.75, 3.05) is 6.61 Å². The van der Waals surface area contributed by atoms with Gasteiger partial charge in [-0.05, 0) is 35.1 Å². The zero-order chi connectivity index (χ0) is 10.6. The summed E-state index contributed by atoms with van der Waals surface area (Å²) < 4.78 is 5.80. The third-order valence-corrected chi connectivity index (χ3v) is 2.35. The third-order valence-electron chi connectivity index (χ3n) is 1.46. The molecule has 1 aromatic heterocycles. The summed E-state index contributed by atoms with van der Waals surface area (Å²) in [7, 11) is 0. The van der Waals surface area contributed by atoms with Crippen molar-refractivity contribution in [3.63, 3.8) is 0 Å². The fraction of sp³-hybridized carbons (Fsp3) is 0.333. The molecule has 0 radical (unpaired) electrons. The van der Waals surface area contributed by atoms with E-state index in [2.05, 4.69) is 27.6 Å². The van der Waals surface area contributed by atoms with Crippen LogP contribution in [0.3, 0.4) is 0 Å². The van der Waals surface area contributed by atoms with Crippen LogP contribution >= 0.6 is 34.2 Å². The van der Waals surface area contributed by atoms with E-state index in [0.29, 0.717) is 12.2 Å². The van der Waals surface area contributed by atoms with Gasteiger partial charge >= 0.3 is 5.97 Å². The maximum Gasteiger partial charge on any atom is 0.341 e. The Morgan fingerprint density at radius 2 is 2.43 bits per heavy atom. The molecule has 5 heteroatoms. The van der Waals surface area contributed by atoms with E-state index < -0.39 is 5.97 Å². The number of pyridine rings is 1. The lowest BCUT2D eigenvalue weighted by Gasteiger charge is -2.04. The quantitative estimate of drug-likeness (QED) is 0.487. The fourth-order valence-corrected chi connectivity index (χ4v) is 1.47. The SMILES string of the molecule is CCCOC(=O)c1cc(I)cnc1Cl. The first kappa shape index (κ1) is 11.7. The monoisotopic (exact) mass is 325 g/mol. The Hall–Kier alpha value is -0.360. The average molecular weight is 326 g/mol. The van der Waals surface area contributed by atoms with E-state index in [4.69, 9.17) is 16.3 Å². The highest BCUT2D eigenvalue weighted by atomic mass is 127. The normalized spacial score (nSPS) is 9.93. The molecule has 3 nitrogen and oxygen atoms in total. The molecule has 0 atom stereocenters. The molecule has 0 saturated heterocycles. The summed E-state index contributed by atoms with van der Waals surface area (Å²) in [6, 6.07) is 1.66. The van der Waals surface area contributed by atoms with E-state index in [0.717, 1.165) is 9.99 Å². The van der Waals surface area contributed by atoms with Crippen LogP contribution in [-0.2, 0) is 4.74 Å². The van der Waals surface area contributed by atoms with Crippen molar-refractivity contribution in [2.45, 2.75) is 13.3 Å². The summed E-state index contributed by atoms with van der Waals surface area (Å²) in [6.07, 6.45) is 2.39. The molecule has 0 bridgehead atoms. The standard InChI is InChI=1S/C9H9ClINO2/c1-2-3-14-9(13)7-4-6(11)5-12-8(7)10/h4-5H,2-3H2,1H3. The molecule has 1 aromatic rings. The van der Waals surface area contributed by atoms with Gasteiger partial charge < -0.3 is 4.74 Å². The first-order valence-electron chi connectivity index (χ1n) is 4.13. The average Bonchev–Trinajstić information content (AvgIpc) is 2.18. The van der Waals surface area contributed by atoms with E-state index in [1.165, 1.54) is 0 Å². The van der Waals surface area contributed by atoms with Crippen LogP contribution < -0.4 is 0 Å². The topological polar surface area (TPSA) is 39.2 Å². The first-order chi connectivity index (χ1) is 6.65. The molecule has 0 spiro atoms. The second kappa shape index (κ2) is 5.50. The lowest BCUT2D eigenvalue weighted by atomic mass is 10.3. The van der Waals surface area contributed by atoms with Gasteiger partial charge in [0.25, 0.3) is 0 Å². The lowest BCUT2D eigenvalue weighted by Crippen LogP contribution is -2.07. The van der Waals surface area contributed by atoms with Gasteiger partial charge in [-0.3, -0.25) is 0 Å². The van der Waals surface area contributed by atoms with Gasteiger partial charge in [-0.2, -0.15) is 0 Å². The van der Waals surface area contributed by atoms with Crippen molar-refractivity contribution in [1.29, 1.82) is 0 Å². The summed E-state index contributed by atoms with van der Waals surface area (Å²) >= 11 is 7.82. The minimum atomic E-state index is -0.414. The molecule has 1 rings (SSSR count). The van der Waals surface area contributed by atoms with Crippen LogP contribution in [0.4, 0.5) is 0 Å². The maximum absolute atomic E-state index is 11.4. The molecule has 14 heavy (non-hydrogen) atoms. The predicted molar refractivity (Wildman–Crippen MR) is 62.5 cm³/mol. The Balaban J connectivity index is 2.83. The highest BCUT2D eigenvalue weighted by Crippen LogP contribution is 2.16. The molecule has 1 heterocycles. The van der Waals surface area contributed by atoms with Gasteiger partial charge in [0.05, 0.1) is 12.2 Å². The van der Waals surface area contributed by atoms with E-state index in [-0.39, 0.29) is 5.15 Å². The summed E-state index contributed by atoms with van der Waals surface area (Å²) in [6.45, 7) is 2.34. The van der Waals surface area contributed by atoms with Crippen LogP contribution in [0.1, 0.15) is 23.7 Å². The number of hydrogen-bond acceptors (Lipinski definition) is 3. The Kier molecular flexibility index (Phi) is 4.60. The summed E-state index contributed by atoms with van der Waals surface area (Å²) in [4.78, 5) is 15.3. The predicted octanol–water partition coefficient (Wildman–Crippen LogP) is 2.91. The lowest BCUT2D eigenvalue weighted by molar-refractivity contribution is 0.0505. The Bertz CT molecular complexity index is 344. The van der Waals surface area contributed by atoms with Crippen molar-refractivity contribution < 1.29 is 9.53 Å². The highest BCUT2D eigenvalue weighted by Gasteiger charge is 2.12. The van der Waals surface area contributed by atoms with Crippen LogP contribution in [0.5, 0.6) is 0 Å². The zero-order valence-electron chi connectivity index (χ0n) is 7.59. The van der Waals surface area contributed by atoms with Gasteiger partial charge in [0.1, 0.15) is 5.15 Å². The van der Waals surface area contributed by atoms with Crippen molar-refractivity contribution in [1.82, 2.24) is 4.98 Å². The summed E-state index contributed by atoms with van der Waals surface area (Å²) in [5, 5.41) is 0.187. The van der Waals surface area contributed by atoms with E-state index in [1.54, 1.807) is 12.3 Å². The molecular weight excluding hydrogens is 316 g/mol. The molecule has 0 aliphatic carbocycles. The zero-order valence-corrected chi connectivity index (χ0v) is 10.5. The van der Waals surface area contributed by atoms with Gasteiger partial charge in [0, 0.05) is 9.77 Å². The Labute approximate surface area is 101 Å². The fourth-order valence-electron chi connectivity index (χ4n) is 0.838. The molecule has 76 valence electrons. The molecule has 0 amide bonds. The molecule has 0 saturated carbocycles. The number of nitrogens with zero attached hydrogens (tertiary/aromatic N) is 1. The smallest absolute Gasteiger partial charge is 0.341 e. The molecule has 0 aliphatic heterocycles. The number of hydrogen-bond donors (Lipinski definition) is 0. The second-order valence-electron chi connectivity index (χ2n) is 2.63. The number of ether oxygens (including phenoxy) is 1. The first-order valence-corrected chi connectivity index (χ1v) is 5.59. The van der Waals surface area contributed by atoms with Crippen LogP contribution in [0.2, 0.25) is 5.15 Å². The van der Waals surface area contributed by atoms with E-state index in [1.807, 2.05) is 6.92 Å². The van der Waals surface area contributed by atoms with Crippen molar-refractivity contribution in [3.05, 3.63) is 26.5 Å². The minimum Gasteiger partial charge on any atom is -0.462 e. The number of halogens is 2. The van der Waals surface area contributed by atoms with Gasteiger partial charge in [-0.25, -0.2) is 9.78 Å². The summed E-state index contributed by atoms with van der Waals surface area (Å²) in [5.74, 6) is -0.414. The minimum absolute atomic E-state index is 0.187. The number of esters is 1. The molecule has 0 aromatic carbocycles. The second-order valence-corrected chi connectivity index (χ2v) is 4.23. The van der Waals surface area contributed by atoms with Gasteiger partial charge in [0.15, 0.2) is 0 Å². The van der Waals surface area contributed by atoms with E-state index >= 15 is 0 Å². The van der Waals surface area contributed by atoms with Crippen molar-refractivity contribution in [3.8, 4) is 0 Å². The number of carbonyl (C=O) groups is 1. The molecular formula is C9H9ClINO2. The van der Waals surface area contributed by atoms with Crippen LogP contribution in [-0.4, -0.2) is 17.6 Å². The molecule has 0 fully saturated rings. The van der Waals surface area contributed by atoms with Gasteiger partial charge in [0.2, 0.25) is 0 Å². The number of carbonyl (C=O) groups excluding carboxylic acids is 1. The third kappa shape index (κ3) is 3.09. The van der Waals surface area contributed by atoms with Gasteiger partial charge in [-0.1, -0.05) is 18.5 Å².